The van der Waals surface area contributed by atoms with Crippen LogP contribution in [0.1, 0.15) is 56.5 Å². The molecule has 26 heavy (non-hydrogen) atoms. The van der Waals surface area contributed by atoms with Crippen LogP contribution in [-0.4, -0.2) is 31.9 Å². The molecule has 1 atom stereocenters. The molecule has 1 N–H and O–H groups in total. The van der Waals surface area contributed by atoms with E-state index in [-0.39, 0.29) is 17.6 Å². The fraction of sp³-hybridized carbons (Fsp3) is 0.455. The van der Waals surface area contributed by atoms with Crippen LogP contribution >= 0.6 is 0 Å². The molecule has 2 aromatic carbocycles. The van der Waals surface area contributed by atoms with Gasteiger partial charge in [-0.1, -0.05) is 18.5 Å². The van der Waals surface area contributed by atoms with Crippen LogP contribution in [0.4, 0.5) is 0 Å². The van der Waals surface area contributed by atoms with Gasteiger partial charge in [-0.2, -0.15) is 0 Å². The Kier molecular flexibility index (Phi) is 3.03. The zero-order valence-corrected chi connectivity index (χ0v) is 14.7. The second kappa shape index (κ2) is 10.1. The summed E-state index contributed by atoms with van der Waals surface area (Å²) >= 11 is 0. The highest BCUT2D eigenvalue weighted by molar-refractivity contribution is 5.42. The Morgan fingerprint density at radius 3 is 2.73 bits per heavy atom. The van der Waals surface area contributed by atoms with Crippen molar-refractivity contribution in [2.24, 2.45) is 0 Å². The Morgan fingerprint density at radius 2 is 1.96 bits per heavy atom. The SMILES string of the molecule is [2H]c1c([2H])c(OC([2H])([2H])C(O)CCC([2H])([2H])C([2H])([2H])c2c([2H])c([2H])c(OC([2H])([2H])[2H])c(OC)c2[2H])c([2H])c(C)c1C. The van der Waals surface area contributed by atoms with Crippen LogP contribution in [0.5, 0.6) is 17.2 Å². The van der Waals surface area contributed by atoms with Gasteiger partial charge in [-0.3, -0.25) is 0 Å². The fourth-order valence-corrected chi connectivity index (χ4v) is 1.79. The van der Waals surface area contributed by atoms with E-state index in [0.29, 0.717) is 5.56 Å². The number of hydrogen-bond donors (Lipinski definition) is 1. The molecule has 0 radical (unpaired) electrons. The maximum atomic E-state index is 10.5. The number of ether oxygens (including phenoxy) is 3. The molecule has 0 aromatic heterocycles. The fourth-order valence-electron chi connectivity index (χ4n) is 1.79. The second-order valence-electron chi connectivity index (χ2n) is 5.24. The Hall–Kier alpha value is -2.20. The van der Waals surface area contributed by atoms with Gasteiger partial charge in [0.2, 0.25) is 0 Å². The molecule has 4 heteroatoms. The lowest BCUT2D eigenvalue weighted by Gasteiger charge is -2.13. The zero-order valence-electron chi connectivity index (χ0n) is 29.7. The van der Waals surface area contributed by atoms with Gasteiger partial charge in [0.25, 0.3) is 0 Å². The van der Waals surface area contributed by atoms with E-state index in [1.54, 1.807) is 0 Å². The third-order valence-corrected chi connectivity index (χ3v) is 3.33. The van der Waals surface area contributed by atoms with Crippen molar-refractivity contribution in [3.05, 3.63) is 52.9 Å². The highest BCUT2D eigenvalue weighted by Crippen LogP contribution is 2.28. The van der Waals surface area contributed by atoms with Gasteiger partial charge >= 0.3 is 0 Å². The smallest absolute Gasteiger partial charge is 0.160 e. The highest BCUT2D eigenvalue weighted by Gasteiger charge is 2.07. The summed E-state index contributed by atoms with van der Waals surface area (Å²) in [5.41, 5.74) is -0.378. The predicted molar refractivity (Wildman–Crippen MR) is 105 cm³/mol. The van der Waals surface area contributed by atoms with Crippen molar-refractivity contribution in [3.63, 3.8) is 0 Å². The van der Waals surface area contributed by atoms with Gasteiger partial charge in [0.15, 0.2) is 11.5 Å². The van der Waals surface area contributed by atoms with Crippen LogP contribution in [-0.2, 0) is 6.37 Å². The van der Waals surface area contributed by atoms with E-state index < -0.39 is 92.3 Å². The number of rotatable bonds is 10. The van der Waals surface area contributed by atoms with Crippen molar-refractivity contribution < 1.29 is 39.9 Å². The van der Waals surface area contributed by atoms with E-state index in [0.717, 1.165) is 7.11 Å². The van der Waals surface area contributed by atoms with Crippen molar-refractivity contribution in [1.29, 1.82) is 0 Å². The molecule has 0 heterocycles. The maximum absolute atomic E-state index is 10.5. The quantitative estimate of drug-likeness (QED) is 0.667. The molecule has 2 rings (SSSR count). The van der Waals surface area contributed by atoms with Gasteiger partial charge in [0.1, 0.15) is 12.3 Å². The van der Waals surface area contributed by atoms with Crippen LogP contribution in [0.25, 0.3) is 0 Å². The summed E-state index contributed by atoms with van der Waals surface area (Å²) in [7, 11) is -2.12. The third kappa shape index (κ3) is 5.95. The molecule has 0 aliphatic carbocycles. The summed E-state index contributed by atoms with van der Waals surface area (Å²) in [6.45, 7) is -0.0186. The van der Waals surface area contributed by atoms with Gasteiger partial charge in [0, 0.05) is 5.48 Å². The minimum absolute atomic E-state index is 0.257. The van der Waals surface area contributed by atoms with Crippen molar-refractivity contribution in [2.45, 2.75) is 45.5 Å². The molecular formula is C22H30O4. The molecule has 1 unspecified atom stereocenters. The Morgan fingerprint density at radius 1 is 1.12 bits per heavy atom. The van der Waals surface area contributed by atoms with Crippen LogP contribution in [0.15, 0.2) is 36.3 Å². The molecule has 0 saturated heterocycles. The average molecular weight is 374 g/mol. The van der Waals surface area contributed by atoms with E-state index in [1.807, 2.05) is 0 Å². The molecule has 0 spiro atoms. The topological polar surface area (TPSA) is 47.9 Å². The van der Waals surface area contributed by atoms with Gasteiger partial charge < -0.3 is 19.3 Å². The predicted octanol–water partition coefficient (Wildman–Crippen LogP) is 4.47. The lowest BCUT2D eigenvalue weighted by Crippen LogP contribution is -2.17. The Labute approximate surface area is 177 Å². The van der Waals surface area contributed by atoms with Gasteiger partial charge in [0.05, 0.1) is 35.3 Å². The first-order chi connectivity index (χ1) is 18.4. The van der Waals surface area contributed by atoms with Crippen LogP contribution in [0, 0.1) is 13.8 Å². The molecule has 142 valence electrons. The van der Waals surface area contributed by atoms with Gasteiger partial charge in [-0.25, -0.2) is 0 Å². The molecular weight excluding hydrogens is 328 g/mol. The first kappa shape index (κ1) is 7.81. The largest absolute Gasteiger partial charge is 0.493 e. The molecule has 0 aliphatic rings. The Balaban J connectivity index is 2.42. The standard InChI is InChI=1S/C22H30O4/c1-16-9-11-20(13-17(16)2)26-15-19(23)8-6-5-7-18-10-12-21(24-3)22(14-18)25-4/h9-14,19,23H,5-8,15H2,1-4H3/i3D3,5D2,7D2,9D,10D,11D,12D,13D,14D,15D2. The van der Waals surface area contributed by atoms with E-state index in [2.05, 4.69) is 4.74 Å². The van der Waals surface area contributed by atoms with Crippen LogP contribution < -0.4 is 14.2 Å². The monoisotopic (exact) mass is 373 g/mol. The van der Waals surface area contributed by atoms with E-state index >= 15 is 0 Å². The highest BCUT2D eigenvalue weighted by atomic mass is 16.5. The molecule has 4 nitrogen and oxygen atoms in total. The summed E-state index contributed by atoms with van der Waals surface area (Å²) in [6, 6.07) is -4.20. The summed E-state index contributed by atoms with van der Waals surface area (Å²) in [6.07, 6.45) is -10.0. The van der Waals surface area contributed by atoms with Crippen LogP contribution in [0.3, 0.4) is 0 Å². The lowest BCUT2D eigenvalue weighted by atomic mass is 10.0. The molecule has 0 saturated carbocycles. The summed E-state index contributed by atoms with van der Waals surface area (Å²) in [5, 5.41) is 10.5. The number of methoxy groups -OCH3 is 2. The van der Waals surface area contributed by atoms with Gasteiger partial charge in [-0.05, 0) is 73.9 Å². The van der Waals surface area contributed by atoms with E-state index in [4.69, 9.17) is 30.0 Å². The Bertz CT molecular complexity index is 1280. The molecule has 0 amide bonds. The summed E-state index contributed by atoms with van der Waals surface area (Å²) in [4.78, 5) is 0. The lowest BCUT2D eigenvalue weighted by molar-refractivity contribution is 0.0976. The third-order valence-electron chi connectivity index (χ3n) is 3.33. The van der Waals surface area contributed by atoms with E-state index in [9.17, 15) is 5.11 Å². The maximum Gasteiger partial charge on any atom is 0.160 e. The molecule has 0 aliphatic heterocycles. The minimum Gasteiger partial charge on any atom is -0.493 e. The first-order valence-corrected chi connectivity index (χ1v) is 7.74. The minimum atomic E-state index is -3.22. The number of benzene rings is 2. The zero-order chi connectivity index (χ0) is 32.0. The van der Waals surface area contributed by atoms with Crippen molar-refractivity contribution in [1.82, 2.24) is 0 Å². The molecule has 2 aromatic rings. The number of hydrogen-bond acceptors (Lipinski definition) is 4. The molecule has 0 bridgehead atoms. The first-order valence-electron chi connectivity index (χ1n) is 15.2. The number of aliphatic hydroxyl groups excluding tert-OH is 1. The molecule has 0 fully saturated rings. The summed E-state index contributed by atoms with van der Waals surface area (Å²) < 4.78 is 135. The summed E-state index contributed by atoms with van der Waals surface area (Å²) in [5.74, 6) is -2.14. The number of aliphatic hydroxyl groups is 1. The van der Waals surface area contributed by atoms with Crippen LogP contribution in [0.2, 0.25) is 0 Å². The normalized spacial score (nSPS) is 22.4. The van der Waals surface area contributed by atoms with E-state index in [1.165, 1.54) is 13.8 Å². The van der Waals surface area contributed by atoms with Crippen molar-refractivity contribution in [2.75, 3.05) is 20.7 Å². The van der Waals surface area contributed by atoms with Gasteiger partial charge in [-0.15, -0.1) is 0 Å². The van der Waals surface area contributed by atoms with Crippen molar-refractivity contribution in [3.8, 4) is 17.2 Å². The van der Waals surface area contributed by atoms with Crippen molar-refractivity contribution >= 4 is 0 Å². The second-order valence-corrected chi connectivity index (χ2v) is 5.24. The average Bonchev–Trinajstić information content (AvgIpc) is 2.85.